The van der Waals surface area contributed by atoms with E-state index in [1.54, 1.807) is 18.2 Å². The maximum atomic E-state index is 11.5. The largest absolute Gasteiger partial charge is 0.382 e. The van der Waals surface area contributed by atoms with Crippen molar-refractivity contribution < 1.29 is 19.8 Å². The van der Waals surface area contributed by atoms with E-state index in [1.165, 1.54) is 12.1 Å². The standard InChI is InChI=1S/C11H12O4/c1-7(12)9(13)11(15)10(14)8-5-3-2-4-6-8/h2-6,9,11,13,15H,1H3. The summed E-state index contributed by atoms with van der Waals surface area (Å²) in [6.07, 6.45) is -3.34. The molecule has 0 saturated heterocycles. The van der Waals surface area contributed by atoms with Crippen LogP contribution in [0.15, 0.2) is 30.3 Å². The number of hydrogen-bond acceptors (Lipinski definition) is 4. The zero-order valence-corrected chi connectivity index (χ0v) is 8.25. The number of rotatable bonds is 4. The molecule has 0 fully saturated rings. The lowest BCUT2D eigenvalue weighted by Crippen LogP contribution is -2.38. The molecule has 0 spiro atoms. The van der Waals surface area contributed by atoms with Crippen LogP contribution in [0, 0.1) is 0 Å². The van der Waals surface area contributed by atoms with Crippen molar-refractivity contribution in [2.75, 3.05) is 0 Å². The van der Waals surface area contributed by atoms with Crippen LogP contribution in [0.2, 0.25) is 0 Å². The second-order valence-electron chi connectivity index (χ2n) is 3.23. The lowest BCUT2D eigenvalue weighted by atomic mass is 10.0. The number of aliphatic hydroxyl groups excluding tert-OH is 2. The number of aliphatic hydroxyl groups is 2. The van der Waals surface area contributed by atoms with Gasteiger partial charge in [0.2, 0.25) is 0 Å². The molecule has 0 radical (unpaired) electrons. The number of carbonyl (C=O) groups is 2. The second-order valence-corrected chi connectivity index (χ2v) is 3.23. The third-order valence-electron chi connectivity index (χ3n) is 2.04. The monoisotopic (exact) mass is 208 g/mol. The number of Topliss-reactive ketones (excluding diaryl/α,β-unsaturated/α-hetero) is 2. The first-order valence-corrected chi connectivity index (χ1v) is 4.50. The Morgan fingerprint density at radius 2 is 1.60 bits per heavy atom. The minimum Gasteiger partial charge on any atom is -0.382 e. The molecule has 0 bridgehead atoms. The first-order valence-electron chi connectivity index (χ1n) is 4.50. The first kappa shape index (κ1) is 11.6. The van der Waals surface area contributed by atoms with Crippen LogP contribution < -0.4 is 0 Å². The minimum absolute atomic E-state index is 0.269. The van der Waals surface area contributed by atoms with Crippen LogP contribution in [-0.4, -0.2) is 34.0 Å². The van der Waals surface area contributed by atoms with E-state index in [9.17, 15) is 19.8 Å². The van der Waals surface area contributed by atoms with Gasteiger partial charge in [-0.05, 0) is 6.92 Å². The number of benzene rings is 1. The van der Waals surface area contributed by atoms with Crippen molar-refractivity contribution in [1.29, 1.82) is 0 Å². The summed E-state index contributed by atoms with van der Waals surface area (Å²) in [6.45, 7) is 1.12. The van der Waals surface area contributed by atoms with Crippen LogP contribution >= 0.6 is 0 Å². The molecule has 2 N–H and O–H groups in total. The lowest BCUT2D eigenvalue weighted by molar-refractivity contribution is -0.129. The predicted molar refractivity (Wildman–Crippen MR) is 53.5 cm³/mol. The zero-order valence-electron chi connectivity index (χ0n) is 8.25. The van der Waals surface area contributed by atoms with E-state index in [0.717, 1.165) is 6.92 Å². The van der Waals surface area contributed by atoms with E-state index >= 15 is 0 Å². The van der Waals surface area contributed by atoms with Gasteiger partial charge in [0.15, 0.2) is 11.6 Å². The van der Waals surface area contributed by atoms with E-state index in [1.807, 2.05) is 0 Å². The molecule has 80 valence electrons. The zero-order chi connectivity index (χ0) is 11.4. The molecule has 1 rings (SSSR count). The third kappa shape index (κ3) is 2.71. The van der Waals surface area contributed by atoms with E-state index in [-0.39, 0.29) is 5.56 Å². The summed E-state index contributed by atoms with van der Waals surface area (Å²) in [5, 5.41) is 18.6. The molecule has 0 amide bonds. The number of carbonyl (C=O) groups excluding carboxylic acids is 2. The quantitative estimate of drug-likeness (QED) is 0.692. The molecule has 0 aromatic heterocycles. The van der Waals surface area contributed by atoms with Crippen LogP contribution in [0.3, 0.4) is 0 Å². The summed E-state index contributed by atoms with van der Waals surface area (Å²) in [7, 11) is 0. The topological polar surface area (TPSA) is 74.6 Å². The Balaban J connectivity index is 2.82. The molecule has 2 unspecified atom stereocenters. The van der Waals surface area contributed by atoms with Crippen molar-refractivity contribution >= 4 is 11.6 Å². The highest BCUT2D eigenvalue weighted by Gasteiger charge is 2.28. The van der Waals surface area contributed by atoms with E-state index in [4.69, 9.17) is 0 Å². The van der Waals surface area contributed by atoms with Gasteiger partial charge in [-0.25, -0.2) is 0 Å². The summed E-state index contributed by atoms with van der Waals surface area (Å²) >= 11 is 0. The highest BCUT2D eigenvalue weighted by molar-refractivity contribution is 6.02. The molecule has 0 heterocycles. The van der Waals surface area contributed by atoms with Crippen molar-refractivity contribution in [2.45, 2.75) is 19.1 Å². The van der Waals surface area contributed by atoms with E-state index in [2.05, 4.69) is 0 Å². The van der Waals surface area contributed by atoms with Crippen LogP contribution in [0.1, 0.15) is 17.3 Å². The maximum Gasteiger partial charge on any atom is 0.194 e. The van der Waals surface area contributed by atoms with Gasteiger partial charge in [0.1, 0.15) is 12.2 Å². The average molecular weight is 208 g/mol. The Morgan fingerprint density at radius 1 is 1.07 bits per heavy atom. The molecule has 2 atom stereocenters. The average Bonchev–Trinajstić information content (AvgIpc) is 2.27. The predicted octanol–water partition coefficient (Wildman–Crippen LogP) is 0.180. The smallest absolute Gasteiger partial charge is 0.194 e. The molecular weight excluding hydrogens is 196 g/mol. The summed E-state index contributed by atoms with van der Waals surface area (Å²) in [4.78, 5) is 22.3. The molecule has 4 nitrogen and oxygen atoms in total. The number of ketones is 2. The van der Waals surface area contributed by atoms with Crippen molar-refractivity contribution in [3.63, 3.8) is 0 Å². The Kier molecular flexibility index (Phi) is 3.71. The molecule has 0 aliphatic carbocycles. The Labute approximate surface area is 87.2 Å². The number of hydrogen-bond donors (Lipinski definition) is 2. The van der Waals surface area contributed by atoms with Crippen LogP contribution in [-0.2, 0) is 4.79 Å². The molecule has 4 heteroatoms. The highest BCUT2D eigenvalue weighted by Crippen LogP contribution is 2.06. The molecule has 1 aromatic carbocycles. The molecule has 0 aliphatic rings. The van der Waals surface area contributed by atoms with Gasteiger partial charge in [-0.15, -0.1) is 0 Å². The van der Waals surface area contributed by atoms with Crippen molar-refractivity contribution in [3.8, 4) is 0 Å². The van der Waals surface area contributed by atoms with Gasteiger partial charge in [-0.1, -0.05) is 30.3 Å². The SMILES string of the molecule is CC(=O)C(O)C(O)C(=O)c1ccccc1. The summed E-state index contributed by atoms with van der Waals surface area (Å²) in [5.41, 5.74) is 0.269. The van der Waals surface area contributed by atoms with Gasteiger partial charge in [0.05, 0.1) is 0 Å². The molecule has 1 aromatic rings. The highest BCUT2D eigenvalue weighted by atomic mass is 16.3. The fourth-order valence-electron chi connectivity index (χ4n) is 1.14. The summed E-state index contributed by atoms with van der Waals surface area (Å²) in [6, 6.07) is 8.03. The summed E-state index contributed by atoms with van der Waals surface area (Å²) in [5.74, 6) is -1.29. The van der Waals surface area contributed by atoms with Gasteiger partial charge >= 0.3 is 0 Å². The lowest BCUT2D eigenvalue weighted by Gasteiger charge is -2.13. The third-order valence-corrected chi connectivity index (χ3v) is 2.04. The maximum absolute atomic E-state index is 11.5. The summed E-state index contributed by atoms with van der Waals surface area (Å²) < 4.78 is 0. The van der Waals surface area contributed by atoms with E-state index < -0.39 is 23.8 Å². The molecule has 0 saturated carbocycles. The normalized spacial score (nSPS) is 14.3. The minimum atomic E-state index is -1.69. The molecule has 0 aliphatic heterocycles. The first-order chi connectivity index (χ1) is 7.04. The van der Waals surface area contributed by atoms with Gasteiger partial charge in [0, 0.05) is 5.56 Å². The van der Waals surface area contributed by atoms with Gasteiger partial charge < -0.3 is 10.2 Å². The van der Waals surface area contributed by atoms with Gasteiger partial charge in [-0.2, -0.15) is 0 Å². The Morgan fingerprint density at radius 3 is 2.07 bits per heavy atom. The second kappa shape index (κ2) is 4.82. The van der Waals surface area contributed by atoms with Gasteiger partial charge in [0.25, 0.3) is 0 Å². The van der Waals surface area contributed by atoms with Crippen molar-refractivity contribution in [1.82, 2.24) is 0 Å². The van der Waals surface area contributed by atoms with E-state index in [0.29, 0.717) is 0 Å². The molecular formula is C11H12O4. The van der Waals surface area contributed by atoms with Crippen molar-refractivity contribution in [3.05, 3.63) is 35.9 Å². The van der Waals surface area contributed by atoms with Crippen LogP contribution in [0.4, 0.5) is 0 Å². The fraction of sp³-hybridized carbons (Fsp3) is 0.273. The molecule has 15 heavy (non-hydrogen) atoms. The van der Waals surface area contributed by atoms with Gasteiger partial charge in [-0.3, -0.25) is 9.59 Å². The van der Waals surface area contributed by atoms with Crippen molar-refractivity contribution in [2.24, 2.45) is 0 Å². The fourth-order valence-corrected chi connectivity index (χ4v) is 1.14. The van der Waals surface area contributed by atoms with Crippen LogP contribution in [0.25, 0.3) is 0 Å². The Bertz CT molecular complexity index is 358. The van der Waals surface area contributed by atoms with Crippen LogP contribution in [0.5, 0.6) is 0 Å². The Hall–Kier alpha value is -1.52.